The van der Waals surface area contributed by atoms with Crippen molar-refractivity contribution in [1.29, 1.82) is 0 Å². The van der Waals surface area contributed by atoms with Crippen LogP contribution in [0.25, 0.3) is 22.3 Å². The molecule has 5 rings (SSSR count). The highest BCUT2D eigenvalue weighted by molar-refractivity contribution is 6.06. The van der Waals surface area contributed by atoms with Crippen LogP contribution in [0.2, 0.25) is 0 Å². The summed E-state index contributed by atoms with van der Waals surface area (Å²) in [6, 6.07) is 22.1. The van der Waals surface area contributed by atoms with Gasteiger partial charge in [-0.2, -0.15) is 5.10 Å². The Balaban J connectivity index is 1.58. The molecule has 168 valence electrons. The number of benzene rings is 2. The van der Waals surface area contributed by atoms with Gasteiger partial charge in [0.25, 0.3) is 5.91 Å². The van der Waals surface area contributed by atoms with Crippen LogP contribution in [-0.2, 0) is 11.3 Å². The number of fused-ring (bicyclic) bond motifs is 1. The van der Waals surface area contributed by atoms with Gasteiger partial charge in [0.1, 0.15) is 0 Å². The van der Waals surface area contributed by atoms with E-state index in [2.05, 4.69) is 17.2 Å². The predicted octanol–water partition coefficient (Wildman–Crippen LogP) is 4.65. The summed E-state index contributed by atoms with van der Waals surface area (Å²) >= 11 is 0. The number of hydrogen-bond acceptors (Lipinski definition) is 4. The number of carbonyl (C=O) groups is 1. The third kappa shape index (κ3) is 4.52. The average molecular weight is 441 g/mol. The van der Waals surface area contributed by atoms with E-state index < -0.39 is 0 Å². The zero-order valence-electron chi connectivity index (χ0n) is 18.9. The second kappa shape index (κ2) is 9.55. The molecule has 1 unspecified atom stereocenters. The summed E-state index contributed by atoms with van der Waals surface area (Å²) in [6.45, 7) is 5.49. The smallest absolute Gasteiger partial charge is 0.254 e. The van der Waals surface area contributed by atoms with Gasteiger partial charge < -0.3 is 9.64 Å². The highest BCUT2D eigenvalue weighted by atomic mass is 16.5. The van der Waals surface area contributed by atoms with Crippen molar-refractivity contribution in [3.05, 3.63) is 84.1 Å². The third-order valence-electron chi connectivity index (χ3n) is 6.26. The first-order valence-electron chi connectivity index (χ1n) is 11.6. The predicted molar refractivity (Wildman–Crippen MR) is 129 cm³/mol. The number of ether oxygens (including phenoxy) is 1. The molecule has 6 heteroatoms. The molecule has 1 amide bonds. The van der Waals surface area contributed by atoms with Crippen molar-refractivity contribution in [3.8, 4) is 11.3 Å². The molecule has 2 aromatic carbocycles. The van der Waals surface area contributed by atoms with Gasteiger partial charge in [-0.05, 0) is 25.0 Å². The van der Waals surface area contributed by atoms with Crippen molar-refractivity contribution in [3.63, 3.8) is 0 Å². The maximum atomic E-state index is 13.7. The largest absolute Gasteiger partial charge is 0.381 e. The standard InChI is InChI=1S/C27H28N4O2/c1-2-30(17-21-13-14-33-19-21)27(32)23-15-25(22-11-7-4-8-12-22)29-26-24(23)16-28-31(26)18-20-9-5-3-6-10-20/h3-12,15-16,21H,2,13-14,17-19H2,1H3. The molecule has 1 aliphatic heterocycles. The van der Waals surface area contributed by atoms with Crippen molar-refractivity contribution in [2.45, 2.75) is 19.9 Å². The van der Waals surface area contributed by atoms with Gasteiger partial charge in [0.05, 0.1) is 36.0 Å². The topological polar surface area (TPSA) is 60.2 Å². The summed E-state index contributed by atoms with van der Waals surface area (Å²) in [5, 5.41) is 5.41. The van der Waals surface area contributed by atoms with E-state index in [1.54, 1.807) is 6.20 Å². The highest BCUT2D eigenvalue weighted by Gasteiger charge is 2.25. The maximum Gasteiger partial charge on any atom is 0.254 e. The molecule has 3 heterocycles. The molecule has 0 radical (unpaired) electrons. The van der Waals surface area contributed by atoms with Crippen LogP contribution in [0.4, 0.5) is 0 Å². The van der Waals surface area contributed by atoms with Crippen molar-refractivity contribution >= 4 is 16.9 Å². The zero-order chi connectivity index (χ0) is 22.6. The zero-order valence-corrected chi connectivity index (χ0v) is 18.9. The van der Waals surface area contributed by atoms with Crippen molar-refractivity contribution in [2.24, 2.45) is 5.92 Å². The van der Waals surface area contributed by atoms with Crippen LogP contribution in [0.15, 0.2) is 72.9 Å². The highest BCUT2D eigenvalue weighted by Crippen LogP contribution is 2.27. The molecule has 6 nitrogen and oxygen atoms in total. The first-order chi connectivity index (χ1) is 16.2. The van der Waals surface area contributed by atoms with Crippen molar-refractivity contribution in [2.75, 3.05) is 26.3 Å². The number of rotatable bonds is 7. The number of carbonyl (C=O) groups excluding carboxylic acids is 1. The summed E-state index contributed by atoms with van der Waals surface area (Å²) in [5.41, 5.74) is 4.27. The first-order valence-corrected chi connectivity index (χ1v) is 11.6. The van der Waals surface area contributed by atoms with E-state index in [9.17, 15) is 4.79 Å². The second-order valence-electron chi connectivity index (χ2n) is 8.52. The number of hydrogen-bond donors (Lipinski definition) is 0. The Morgan fingerprint density at radius 1 is 1.12 bits per heavy atom. The maximum absolute atomic E-state index is 13.7. The average Bonchev–Trinajstić information content (AvgIpc) is 3.53. The normalized spacial score (nSPS) is 15.7. The Morgan fingerprint density at radius 3 is 2.58 bits per heavy atom. The number of amides is 1. The van der Waals surface area contributed by atoms with Crippen LogP contribution >= 0.6 is 0 Å². The summed E-state index contributed by atoms with van der Waals surface area (Å²) in [6.07, 6.45) is 2.78. The molecule has 4 aromatic rings. The molecular formula is C27H28N4O2. The van der Waals surface area contributed by atoms with Crippen LogP contribution in [0.5, 0.6) is 0 Å². The Bertz CT molecular complexity index is 1230. The lowest BCUT2D eigenvalue weighted by Crippen LogP contribution is -2.35. The van der Waals surface area contributed by atoms with Gasteiger partial charge in [0, 0.05) is 31.2 Å². The molecule has 0 N–H and O–H groups in total. The fourth-order valence-corrected chi connectivity index (χ4v) is 4.42. The molecule has 0 saturated carbocycles. The number of aromatic nitrogens is 3. The molecule has 0 spiro atoms. The Kier molecular flexibility index (Phi) is 6.17. The van der Waals surface area contributed by atoms with E-state index >= 15 is 0 Å². The lowest BCUT2D eigenvalue weighted by Gasteiger charge is -2.24. The molecule has 1 saturated heterocycles. The van der Waals surface area contributed by atoms with E-state index in [-0.39, 0.29) is 5.91 Å². The molecule has 0 bridgehead atoms. The molecule has 0 aliphatic carbocycles. The summed E-state index contributed by atoms with van der Waals surface area (Å²) in [5.74, 6) is 0.411. The van der Waals surface area contributed by atoms with Gasteiger partial charge in [-0.3, -0.25) is 4.79 Å². The molecule has 1 atom stereocenters. The van der Waals surface area contributed by atoms with Gasteiger partial charge >= 0.3 is 0 Å². The van der Waals surface area contributed by atoms with Gasteiger partial charge in [0.15, 0.2) is 5.65 Å². The second-order valence-corrected chi connectivity index (χ2v) is 8.52. The van der Waals surface area contributed by atoms with E-state index in [0.717, 1.165) is 47.5 Å². The van der Waals surface area contributed by atoms with Gasteiger partial charge in [0.2, 0.25) is 0 Å². The fraction of sp³-hybridized carbons (Fsp3) is 0.296. The summed E-state index contributed by atoms with van der Waals surface area (Å²) < 4.78 is 7.42. The SMILES string of the molecule is CCN(CC1CCOC1)C(=O)c1cc(-c2ccccc2)nc2c1cnn2Cc1ccccc1. The monoisotopic (exact) mass is 440 g/mol. The lowest BCUT2D eigenvalue weighted by atomic mass is 10.0. The minimum absolute atomic E-state index is 0.0215. The van der Waals surface area contributed by atoms with Crippen molar-refractivity contribution in [1.82, 2.24) is 19.7 Å². The van der Waals surface area contributed by atoms with Crippen LogP contribution in [0.3, 0.4) is 0 Å². The number of pyridine rings is 1. The molecule has 33 heavy (non-hydrogen) atoms. The van der Waals surface area contributed by atoms with E-state index in [1.807, 2.05) is 71.1 Å². The third-order valence-corrected chi connectivity index (χ3v) is 6.26. The quantitative estimate of drug-likeness (QED) is 0.420. The number of nitrogens with zero attached hydrogens (tertiary/aromatic N) is 4. The van der Waals surface area contributed by atoms with Crippen LogP contribution < -0.4 is 0 Å². The van der Waals surface area contributed by atoms with Crippen molar-refractivity contribution < 1.29 is 9.53 Å². The Morgan fingerprint density at radius 2 is 1.88 bits per heavy atom. The first kappa shape index (κ1) is 21.3. The Labute approximate surface area is 193 Å². The Hall–Kier alpha value is -3.51. The van der Waals surface area contributed by atoms with E-state index in [4.69, 9.17) is 9.72 Å². The molecule has 1 fully saturated rings. The van der Waals surface area contributed by atoms with Gasteiger partial charge in [-0.25, -0.2) is 9.67 Å². The molecule has 2 aromatic heterocycles. The fourth-order valence-electron chi connectivity index (χ4n) is 4.42. The van der Waals surface area contributed by atoms with Crippen LogP contribution in [0.1, 0.15) is 29.3 Å². The molecular weight excluding hydrogens is 412 g/mol. The van der Waals surface area contributed by atoms with Gasteiger partial charge in [-0.15, -0.1) is 0 Å². The van der Waals surface area contributed by atoms with Crippen LogP contribution in [-0.4, -0.2) is 51.9 Å². The van der Waals surface area contributed by atoms with E-state index in [1.165, 1.54) is 0 Å². The van der Waals surface area contributed by atoms with Crippen LogP contribution in [0, 0.1) is 5.92 Å². The summed E-state index contributed by atoms with van der Waals surface area (Å²) in [7, 11) is 0. The van der Waals surface area contributed by atoms with E-state index in [0.29, 0.717) is 31.1 Å². The minimum Gasteiger partial charge on any atom is -0.381 e. The summed E-state index contributed by atoms with van der Waals surface area (Å²) in [4.78, 5) is 20.6. The van der Waals surface area contributed by atoms with Gasteiger partial charge in [-0.1, -0.05) is 60.7 Å². The minimum atomic E-state index is 0.0215. The molecule has 1 aliphatic rings. The lowest BCUT2D eigenvalue weighted by molar-refractivity contribution is 0.0732.